The van der Waals surface area contributed by atoms with Gasteiger partial charge in [0.15, 0.2) is 0 Å². The van der Waals surface area contributed by atoms with E-state index in [1.807, 2.05) is 22.6 Å². The number of pyridine rings is 1. The Hall–Kier alpha value is -2.37. The zero-order valence-electron chi connectivity index (χ0n) is 17.9. The van der Waals surface area contributed by atoms with Crippen molar-refractivity contribution in [2.75, 3.05) is 11.9 Å². The molecule has 2 amide bonds. The highest BCUT2D eigenvalue weighted by atomic mass is 16.2. The average Bonchev–Trinajstić information content (AvgIpc) is 3.56. The monoisotopic (exact) mass is 418 g/mol. The number of carbonyl (C=O) groups excluding carboxylic acids is 2. The summed E-state index contributed by atoms with van der Waals surface area (Å²) in [6.07, 6.45) is 12.8. The van der Waals surface area contributed by atoms with E-state index in [2.05, 4.69) is 15.6 Å². The van der Waals surface area contributed by atoms with Crippen LogP contribution in [0.1, 0.15) is 68.3 Å². The van der Waals surface area contributed by atoms with Gasteiger partial charge in [-0.25, -0.2) is 4.98 Å². The second-order valence-corrected chi connectivity index (χ2v) is 11.3. The van der Waals surface area contributed by atoms with Crippen LogP contribution in [0.2, 0.25) is 0 Å². The number of aromatic nitrogens is 2. The van der Waals surface area contributed by atoms with Crippen molar-refractivity contribution in [2.24, 2.45) is 34.5 Å². The molecule has 2 aromatic heterocycles. The largest absolute Gasteiger partial charge is 0.350 e. The van der Waals surface area contributed by atoms with E-state index in [1.54, 1.807) is 6.20 Å². The molecule has 5 unspecified atom stereocenters. The summed E-state index contributed by atoms with van der Waals surface area (Å²) in [7, 11) is 0. The van der Waals surface area contributed by atoms with Gasteiger partial charge < -0.3 is 10.6 Å². The van der Waals surface area contributed by atoms with Gasteiger partial charge in [0.1, 0.15) is 17.2 Å². The molecule has 5 saturated carbocycles. The summed E-state index contributed by atoms with van der Waals surface area (Å²) in [5.74, 6) is 3.95. The van der Waals surface area contributed by atoms with E-state index in [4.69, 9.17) is 0 Å². The van der Waals surface area contributed by atoms with Gasteiger partial charge in [-0.2, -0.15) is 0 Å². The molecule has 0 radical (unpaired) electrons. The molecule has 5 aliphatic carbocycles. The van der Waals surface area contributed by atoms with Crippen molar-refractivity contribution in [2.45, 2.75) is 57.8 Å². The molecule has 5 atom stereocenters. The maximum atomic E-state index is 13.1. The van der Waals surface area contributed by atoms with Crippen LogP contribution in [0.15, 0.2) is 24.4 Å². The smallest absolute Gasteiger partial charge is 0.271 e. The van der Waals surface area contributed by atoms with Gasteiger partial charge >= 0.3 is 0 Å². The third-order valence-electron chi connectivity index (χ3n) is 9.37. The van der Waals surface area contributed by atoms with Gasteiger partial charge in [-0.15, -0.1) is 0 Å². The van der Waals surface area contributed by atoms with E-state index in [-0.39, 0.29) is 17.2 Å². The fourth-order valence-corrected chi connectivity index (χ4v) is 7.77. The highest BCUT2D eigenvalue weighted by Crippen LogP contribution is 2.80. The Morgan fingerprint density at radius 2 is 2.03 bits per heavy atom. The normalized spacial score (nSPS) is 37.0. The third-order valence-corrected chi connectivity index (χ3v) is 9.37. The first-order valence-electron chi connectivity index (χ1n) is 12.1. The molecule has 2 heterocycles. The van der Waals surface area contributed by atoms with Crippen molar-refractivity contribution in [1.82, 2.24) is 14.7 Å². The molecule has 162 valence electrons. The number of imidazole rings is 1. The van der Waals surface area contributed by atoms with E-state index in [0.717, 1.165) is 24.3 Å². The van der Waals surface area contributed by atoms with Gasteiger partial charge in [-0.3, -0.25) is 14.0 Å². The van der Waals surface area contributed by atoms with Gasteiger partial charge in [-0.1, -0.05) is 6.07 Å². The van der Waals surface area contributed by atoms with E-state index in [9.17, 15) is 9.59 Å². The molecule has 5 fully saturated rings. The van der Waals surface area contributed by atoms with E-state index in [1.165, 1.54) is 51.4 Å². The first-order valence-corrected chi connectivity index (χ1v) is 12.1. The van der Waals surface area contributed by atoms with Crippen molar-refractivity contribution < 1.29 is 9.59 Å². The van der Waals surface area contributed by atoms with Crippen LogP contribution in [-0.4, -0.2) is 27.7 Å². The minimum atomic E-state index is -0.139. The summed E-state index contributed by atoms with van der Waals surface area (Å²) in [6, 6.07) is 5.66. The standard InChI is InChI=1S/C25H30N4O2/c30-22(12-24-8-16-6-7-25(18(16)11-24)10-17(25)9-24)28-21-3-1-2-20-27-19(14-29(20)21)23(31)26-13-15-4-5-15/h1-3,14-18H,4-13H2,(H,26,31)(H,28,30). The van der Waals surface area contributed by atoms with Crippen LogP contribution in [-0.2, 0) is 4.79 Å². The lowest BCUT2D eigenvalue weighted by atomic mass is 9.69. The van der Waals surface area contributed by atoms with Crippen LogP contribution in [0.3, 0.4) is 0 Å². The number of fused-ring (bicyclic) bond motifs is 2. The molecule has 0 aromatic carbocycles. The van der Waals surface area contributed by atoms with E-state index >= 15 is 0 Å². The van der Waals surface area contributed by atoms with Crippen molar-refractivity contribution in [1.29, 1.82) is 0 Å². The molecule has 5 aliphatic rings. The number of carbonyl (C=O) groups is 2. The van der Waals surface area contributed by atoms with Crippen LogP contribution in [0.4, 0.5) is 5.82 Å². The Labute approximate surface area is 182 Å². The Kier molecular flexibility index (Phi) is 3.59. The number of hydrogen-bond donors (Lipinski definition) is 2. The summed E-state index contributed by atoms with van der Waals surface area (Å²) in [5, 5.41) is 6.12. The molecule has 2 aromatic rings. The van der Waals surface area contributed by atoms with E-state index < -0.39 is 0 Å². The number of anilines is 1. The zero-order valence-corrected chi connectivity index (χ0v) is 17.9. The number of amides is 2. The van der Waals surface area contributed by atoms with Crippen molar-refractivity contribution in [3.8, 4) is 0 Å². The number of hydrogen-bond acceptors (Lipinski definition) is 3. The molecule has 0 aliphatic heterocycles. The quantitative estimate of drug-likeness (QED) is 0.744. The maximum absolute atomic E-state index is 13.1. The Morgan fingerprint density at radius 1 is 1.13 bits per heavy atom. The van der Waals surface area contributed by atoms with Crippen molar-refractivity contribution in [3.63, 3.8) is 0 Å². The van der Waals surface area contributed by atoms with Crippen LogP contribution in [0, 0.1) is 34.5 Å². The molecule has 7 rings (SSSR count). The van der Waals surface area contributed by atoms with Gasteiger partial charge in [0.05, 0.1) is 0 Å². The fraction of sp³-hybridized carbons (Fsp3) is 0.640. The lowest BCUT2D eigenvalue weighted by Crippen LogP contribution is -2.31. The number of nitrogens with zero attached hydrogens (tertiary/aromatic N) is 2. The summed E-state index contributed by atoms with van der Waals surface area (Å²) >= 11 is 0. The highest BCUT2D eigenvalue weighted by molar-refractivity contribution is 5.94. The third kappa shape index (κ3) is 2.79. The number of nitrogens with one attached hydrogen (secondary N) is 2. The average molecular weight is 419 g/mol. The predicted molar refractivity (Wildman–Crippen MR) is 117 cm³/mol. The molecule has 0 saturated heterocycles. The minimum Gasteiger partial charge on any atom is -0.350 e. The van der Waals surface area contributed by atoms with Gasteiger partial charge in [0, 0.05) is 19.2 Å². The topological polar surface area (TPSA) is 75.5 Å². The first-order chi connectivity index (χ1) is 15.0. The Balaban J connectivity index is 1.08. The van der Waals surface area contributed by atoms with E-state index in [0.29, 0.717) is 34.9 Å². The maximum Gasteiger partial charge on any atom is 0.271 e. The molecule has 6 heteroatoms. The zero-order chi connectivity index (χ0) is 20.8. The summed E-state index contributed by atoms with van der Waals surface area (Å²) in [6.45, 7) is 0.725. The lowest BCUT2D eigenvalue weighted by Gasteiger charge is -2.36. The predicted octanol–water partition coefficient (Wildman–Crippen LogP) is 4.02. The SMILES string of the molecule is O=C(CC12CC3CCC4(CC4C1)C3C2)Nc1cccc2nc(C(=O)NCC3CC3)cn12. The molecule has 2 bridgehead atoms. The van der Waals surface area contributed by atoms with Gasteiger partial charge in [0.2, 0.25) is 5.91 Å². The summed E-state index contributed by atoms with van der Waals surface area (Å²) in [4.78, 5) is 30.1. The highest BCUT2D eigenvalue weighted by Gasteiger charge is 2.72. The van der Waals surface area contributed by atoms with Gasteiger partial charge in [-0.05, 0) is 98.0 Å². The van der Waals surface area contributed by atoms with Crippen LogP contribution in [0.5, 0.6) is 0 Å². The molecule has 1 spiro atoms. The van der Waals surface area contributed by atoms with Gasteiger partial charge in [0.25, 0.3) is 5.91 Å². The molecule has 6 nitrogen and oxygen atoms in total. The first kappa shape index (κ1) is 18.2. The second kappa shape index (κ2) is 6.11. The fourth-order valence-electron chi connectivity index (χ4n) is 7.77. The van der Waals surface area contributed by atoms with Crippen molar-refractivity contribution in [3.05, 3.63) is 30.1 Å². The van der Waals surface area contributed by atoms with Crippen molar-refractivity contribution >= 4 is 23.3 Å². The van der Waals surface area contributed by atoms with Crippen LogP contribution < -0.4 is 10.6 Å². The summed E-state index contributed by atoms with van der Waals surface area (Å²) < 4.78 is 1.83. The molecular weight excluding hydrogens is 388 g/mol. The minimum absolute atomic E-state index is 0.106. The molecule has 31 heavy (non-hydrogen) atoms. The summed E-state index contributed by atoms with van der Waals surface area (Å²) in [5.41, 5.74) is 2.01. The Bertz CT molecular complexity index is 1100. The number of rotatable bonds is 6. The van der Waals surface area contributed by atoms with Crippen LogP contribution in [0.25, 0.3) is 5.65 Å². The Morgan fingerprint density at radius 3 is 2.90 bits per heavy atom. The lowest BCUT2D eigenvalue weighted by molar-refractivity contribution is -0.119. The second-order valence-electron chi connectivity index (χ2n) is 11.3. The van der Waals surface area contributed by atoms with Crippen LogP contribution >= 0.6 is 0 Å². The molecular formula is C25H30N4O2. The molecule has 2 N–H and O–H groups in total.